The quantitative estimate of drug-likeness (QED) is 0.0805. The van der Waals surface area contributed by atoms with Gasteiger partial charge in [-0.05, 0) is 60.4 Å². The van der Waals surface area contributed by atoms with Crippen molar-refractivity contribution in [3.05, 3.63) is 75.6 Å². The van der Waals surface area contributed by atoms with Crippen molar-refractivity contribution in [2.45, 2.75) is 137 Å². The maximum Gasteiger partial charge on any atom is 0.129 e. The Morgan fingerprint density at radius 3 is 1.58 bits per heavy atom. The second kappa shape index (κ2) is 23.1. The van der Waals surface area contributed by atoms with Crippen LogP contribution in [0.5, 0.6) is 0 Å². The van der Waals surface area contributed by atoms with Gasteiger partial charge in [-0.15, -0.1) is 0 Å². The fraction of sp³-hybridized carbons (Fsp3) is 0.610. The Morgan fingerprint density at radius 2 is 1.27 bits per heavy atom. The van der Waals surface area contributed by atoms with Crippen molar-refractivity contribution < 1.29 is 4.74 Å². The van der Waals surface area contributed by atoms with Crippen molar-refractivity contribution in [2.24, 2.45) is 11.8 Å². The van der Waals surface area contributed by atoms with Crippen LogP contribution in [0.25, 0.3) is 5.57 Å². The molecule has 5 nitrogen and oxygen atoms in total. The standard InChI is InChI=1S/C14H16N2.C11H11ClN2.C4H7O.3C4H9.Sn/c1-10(2)14-6-5-12(9-16-14)13(8-15)7-11-3-4-11;12-11-4-3-9(7-14-11)10(6-13)5-8-1-2-8;1-3-5-4-2;3*1-3-4-2;/h5-6,9,11,13H,1,3-4,7H2,2H3;3-4,7-8,10H,1-2,5H2;1,4H2,2H3;3*1,3-4H2,2H3;. The molecule has 262 valence electrons. The normalized spacial score (nSPS) is 14.9. The Morgan fingerprint density at radius 1 is 0.812 bits per heavy atom. The van der Waals surface area contributed by atoms with Gasteiger partial charge in [0, 0.05) is 12.4 Å². The van der Waals surface area contributed by atoms with Crippen molar-refractivity contribution in [1.29, 1.82) is 10.5 Å². The number of nitrogens with zero attached hydrogens (tertiary/aromatic N) is 4. The van der Waals surface area contributed by atoms with E-state index < -0.39 is 18.4 Å². The molecule has 7 heteroatoms. The number of hydrogen-bond acceptors (Lipinski definition) is 5. The number of hydrogen-bond donors (Lipinski definition) is 0. The van der Waals surface area contributed by atoms with Gasteiger partial charge in [0.25, 0.3) is 0 Å². The minimum atomic E-state index is -2.24. The molecule has 2 aromatic rings. The number of unbranched alkanes of at least 4 members (excludes halogenated alkanes) is 3. The Bertz CT molecular complexity index is 1280. The van der Waals surface area contributed by atoms with Gasteiger partial charge in [0.05, 0.1) is 29.7 Å². The van der Waals surface area contributed by atoms with Crippen molar-refractivity contribution in [3.8, 4) is 12.1 Å². The van der Waals surface area contributed by atoms with Gasteiger partial charge in [-0.3, -0.25) is 4.98 Å². The molecular weight excluding hydrogens is 719 g/mol. The van der Waals surface area contributed by atoms with E-state index in [9.17, 15) is 0 Å². The van der Waals surface area contributed by atoms with Crippen molar-refractivity contribution in [1.82, 2.24) is 9.97 Å². The van der Waals surface area contributed by atoms with Crippen LogP contribution < -0.4 is 0 Å². The van der Waals surface area contributed by atoms with E-state index in [-0.39, 0.29) is 11.8 Å². The van der Waals surface area contributed by atoms with Crippen LogP contribution in [0.1, 0.15) is 140 Å². The molecule has 0 aromatic carbocycles. The average molecular weight is 780 g/mol. The minimum absolute atomic E-state index is 0.00716. The van der Waals surface area contributed by atoms with Crippen LogP contribution in [0.2, 0.25) is 18.5 Å². The fourth-order valence-corrected chi connectivity index (χ4v) is 20.8. The number of aromatic nitrogens is 2. The van der Waals surface area contributed by atoms with E-state index in [2.05, 4.69) is 63.0 Å². The SMILES string of the molecule is C=C(C)c1ccc(C(C#N)CC2CC2)cn1.C=[C](OCC)[Sn]([CH2]CCC)([CH2]CCC)[CH2]CCC.N#CC(CC1CC1)c1ccc(Cl)nc1. The number of allylic oxidation sites excluding steroid dienone is 1. The number of pyridine rings is 2. The van der Waals surface area contributed by atoms with Crippen LogP contribution in [0.15, 0.2) is 53.6 Å². The van der Waals surface area contributed by atoms with Crippen LogP contribution in [0.3, 0.4) is 0 Å². The van der Waals surface area contributed by atoms with E-state index in [0.29, 0.717) is 5.15 Å². The molecule has 0 radical (unpaired) electrons. The number of ether oxygens (including phenoxy) is 1. The second-order valence-corrected chi connectivity index (χ2v) is 27.4. The molecule has 0 saturated heterocycles. The molecule has 2 saturated carbocycles. The van der Waals surface area contributed by atoms with Gasteiger partial charge in [-0.2, -0.15) is 10.5 Å². The summed E-state index contributed by atoms with van der Waals surface area (Å²) >= 11 is 3.44. The van der Waals surface area contributed by atoms with E-state index in [4.69, 9.17) is 26.9 Å². The van der Waals surface area contributed by atoms with Crippen molar-refractivity contribution in [2.75, 3.05) is 6.61 Å². The molecule has 0 aliphatic heterocycles. The largest absolute Gasteiger partial charge is 0.244 e. The average Bonchev–Trinajstić information content (AvgIpc) is 4.04. The zero-order chi connectivity index (χ0) is 35.4. The molecule has 0 N–H and O–H groups in total. The summed E-state index contributed by atoms with van der Waals surface area (Å²) < 4.78 is 11.6. The first-order valence-corrected chi connectivity index (χ1v) is 26.4. The number of nitriles is 2. The summed E-state index contributed by atoms with van der Waals surface area (Å²) in [5, 5.41) is 18.6. The predicted molar refractivity (Wildman–Crippen MR) is 205 cm³/mol. The Balaban J connectivity index is 0.000000251. The van der Waals surface area contributed by atoms with Gasteiger partial charge in [0.15, 0.2) is 0 Å². The van der Waals surface area contributed by atoms with Gasteiger partial charge in [0.1, 0.15) is 5.15 Å². The molecule has 48 heavy (non-hydrogen) atoms. The van der Waals surface area contributed by atoms with Gasteiger partial charge in [0.2, 0.25) is 0 Å². The van der Waals surface area contributed by atoms with Gasteiger partial charge in [-0.25, -0.2) is 4.98 Å². The summed E-state index contributed by atoms with van der Waals surface area (Å²) in [6.07, 6.45) is 18.7. The third kappa shape index (κ3) is 15.5. The predicted octanol–water partition coefficient (Wildman–Crippen LogP) is 12.6. The first kappa shape index (κ1) is 41.8. The summed E-state index contributed by atoms with van der Waals surface area (Å²) in [6, 6.07) is 12.3. The van der Waals surface area contributed by atoms with Crippen LogP contribution in [0, 0.1) is 34.5 Å². The first-order chi connectivity index (χ1) is 23.2. The molecule has 2 aliphatic rings. The Kier molecular flexibility index (Phi) is 20.1. The van der Waals surface area contributed by atoms with Crippen LogP contribution in [0.4, 0.5) is 0 Å². The third-order valence-corrected chi connectivity index (χ3v) is 24.8. The van der Waals surface area contributed by atoms with Crippen molar-refractivity contribution >= 4 is 35.6 Å². The van der Waals surface area contributed by atoms with Gasteiger partial charge < -0.3 is 0 Å². The van der Waals surface area contributed by atoms with Crippen LogP contribution >= 0.6 is 11.6 Å². The molecule has 2 unspecified atom stereocenters. The van der Waals surface area contributed by atoms with Gasteiger partial charge in [-0.1, -0.05) is 56.0 Å². The molecule has 0 bridgehead atoms. The van der Waals surface area contributed by atoms with Crippen LogP contribution in [-0.2, 0) is 4.74 Å². The van der Waals surface area contributed by atoms with Crippen molar-refractivity contribution in [3.63, 3.8) is 0 Å². The molecule has 2 atom stereocenters. The topological polar surface area (TPSA) is 82.6 Å². The summed E-state index contributed by atoms with van der Waals surface area (Å²) in [7, 11) is 0. The number of halogens is 1. The zero-order valence-electron chi connectivity index (χ0n) is 30.6. The number of rotatable bonds is 19. The molecule has 2 fully saturated rings. The fourth-order valence-electron chi connectivity index (χ4n) is 6.02. The zero-order valence-corrected chi connectivity index (χ0v) is 34.2. The van der Waals surface area contributed by atoms with Gasteiger partial charge >= 0.3 is 120 Å². The molecule has 4 rings (SSSR count). The molecule has 2 aromatic heterocycles. The Labute approximate surface area is 302 Å². The van der Waals surface area contributed by atoms with E-state index in [1.807, 2.05) is 31.3 Å². The maximum absolute atomic E-state index is 9.14. The summed E-state index contributed by atoms with van der Waals surface area (Å²) in [5.41, 5.74) is 3.90. The summed E-state index contributed by atoms with van der Waals surface area (Å²) in [6.45, 7) is 20.0. The van der Waals surface area contributed by atoms with Crippen LogP contribution in [-0.4, -0.2) is 35.0 Å². The second-order valence-electron chi connectivity index (χ2n) is 13.8. The molecule has 0 spiro atoms. The maximum atomic E-state index is 9.14. The summed E-state index contributed by atoms with van der Waals surface area (Å²) in [4.78, 5) is 8.31. The van der Waals surface area contributed by atoms with E-state index in [0.717, 1.165) is 53.7 Å². The monoisotopic (exact) mass is 780 g/mol. The smallest absolute Gasteiger partial charge is 0.129 e. The summed E-state index contributed by atoms with van der Waals surface area (Å²) in [5.74, 6) is 1.53. The van der Waals surface area contributed by atoms with E-state index >= 15 is 0 Å². The van der Waals surface area contributed by atoms with E-state index in [1.165, 1.54) is 81.3 Å². The van der Waals surface area contributed by atoms with E-state index in [1.54, 1.807) is 12.3 Å². The molecule has 0 amide bonds. The first-order valence-electron chi connectivity index (χ1n) is 18.5. The minimum Gasteiger partial charge on any atom is -0.244 e. The molecular formula is C41H61ClN4OSn. The molecule has 2 heterocycles. The Hall–Kier alpha value is -2.35. The molecule has 2 aliphatic carbocycles. The third-order valence-electron chi connectivity index (χ3n) is 9.56.